The summed E-state index contributed by atoms with van der Waals surface area (Å²) >= 11 is 26.0. The number of benzene rings is 2. The second-order valence-electron chi connectivity index (χ2n) is 7.53. The average Bonchev–Trinajstić information content (AvgIpc) is 3.39. The molecular formula is C22H11Cl4FN2O3S. The number of β-lactam (4-membered cyclic amide) rings is 1. The lowest BCUT2D eigenvalue weighted by Crippen LogP contribution is -2.67. The van der Waals surface area contributed by atoms with E-state index in [1.807, 2.05) is 0 Å². The first kappa shape index (κ1) is 22.6. The van der Waals surface area contributed by atoms with E-state index in [9.17, 15) is 18.8 Å². The smallest absolute Gasteiger partial charge is 0.264 e. The quantitative estimate of drug-likeness (QED) is 0.163. The van der Waals surface area contributed by atoms with Gasteiger partial charge in [-0.3, -0.25) is 24.2 Å². The van der Waals surface area contributed by atoms with Crippen molar-refractivity contribution in [3.05, 3.63) is 83.2 Å². The Morgan fingerprint density at radius 3 is 1.97 bits per heavy atom. The Bertz CT molecular complexity index is 1330. The van der Waals surface area contributed by atoms with Crippen molar-refractivity contribution < 1.29 is 18.8 Å². The van der Waals surface area contributed by atoms with Crippen molar-refractivity contribution in [2.75, 3.05) is 4.90 Å². The Balaban J connectivity index is 1.62. The van der Waals surface area contributed by atoms with Crippen LogP contribution in [0.1, 0.15) is 37.2 Å². The number of thiophene rings is 1. The molecule has 2 aliphatic heterocycles. The van der Waals surface area contributed by atoms with E-state index in [1.165, 1.54) is 22.3 Å². The average molecular weight is 544 g/mol. The number of halogens is 5. The molecule has 0 spiro atoms. The van der Waals surface area contributed by atoms with Crippen LogP contribution in [-0.4, -0.2) is 28.7 Å². The summed E-state index contributed by atoms with van der Waals surface area (Å²) in [5.41, 5.74) is 0.350. The van der Waals surface area contributed by atoms with E-state index in [0.717, 1.165) is 4.90 Å². The molecule has 1 aromatic heterocycles. The second kappa shape index (κ2) is 7.96. The summed E-state index contributed by atoms with van der Waals surface area (Å²) in [6.07, 6.45) is 0. The molecule has 168 valence electrons. The number of amides is 3. The van der Waals surface area contributed by atoms with Gasteiger partial charge in [0.2, 0.25) is 0 Å². The lowest BCUT2D eigenvalue weighted by atomic mass is 9.90. The molecule has 0 N–H and O–H groups in total. The maximum absolute atomic E-state index is 14.3. The lowest BCUT2D eigenvalue weighted by molar-refractivity contribution is -0.130. The minimum atomic E-state index is -1.18. The molecule has 33 heavy (non-hydrogen) atoms. The highest BCUT2D eigenvalue weighted by Crippen LogP contribution is 2.49. The normalized spacial score (nSPS) is 19.9. The van der Waals surface area contributed by atoms with Crippen LogP contribution in [0.25, 0.3) is 0 Å². The van der Waals surface area contributed by atoms with Crippen LogP contribution in [0.3, 0.4) is 0 Å². The number of rotatable bonds is 3. The predicted molar refractivity (Wildman–Crippen MR) is 126 cm³/mol. The molecule has 1 fully saturated rings. The van der Waals surface area contributed by atoms with Gasteiger partial charge in [-0.2, -0.15) is 0 Å². The van der Waals surface area contributed by atoms with Crippen molar-refractivity contribution in [3.63, 3.8) is 0 Å². The summed E-state index contributed by atoms with van der Waals surface area (Å²) in [7, 11) is 0. The van der Waals surface area contributed by atoms with E-state index in [-0.39, 0.29) is 31.2 Å². The van der Waals surface area contributed by atoms with Gasteiger partial charge in [0.15, 0.2) is 0 Å². The first-order valence-electron chi connectivity index (χ1n) is 9.51. The predicted octanol–water partition coefficient (Wildman–Crippen LogP) is 6.56. The Kier molecular flexibility index (Phi) is 5.46. The minimum Gasteiger partial charge on any atom is -0.299 e. The Morgan fingerprint density at radius 2 is 1.45 bits per heavy atom. The summed E-state index contributed by atoms with van der Waals surface area (Å²) in [4.78, 5) is 42.9. The maximum Gasteiger partial charge on any atom is 0.264 e. The highest BCUT2D eigenvalue weighted by molar-refractivity contribution is 7.10. The molecular weight excluding hydrogens is 533 g/mol. The summed E-state index contributed by atoms with van der Waals surface area (Å²) < 4.78 is 14.3. The van der Waals surface area contributed by atoms with E-state index in [4.69, 9.17) is 46.4 Å². The number of imide groups is 1. The van der Waals surface area contributed by atoms with Crippen LogP contribution < -0.4 is 4.90 Å². The second-order valence-corrected chi connectivity index (χ2v) is 10.0. The summed E-state index contributed by atoms with van der Waals surface area (Å²) in [6.45, 7) is 1.61. The number of carbonyl (C=O) groups is 3. The third-order valence-corrected chi connectivity index (χ3v) is 8.49. The van der Waals surface area contributed by atoms with Gasteiger partial charge in [0.05, 0.1) is 31.2 Å². The van der Waals surface area contributed by atoms with Crippen LogP contribution in [0.4, 0.5) is 10.1 Å². The number of aryl methyl sites for hydroxylation is 1. The van der Waals surface area contributed by atoms with Crippen LogP contribution in [0.15, 0.2) is 35.7 Å². The van der Waals surface area contributed by atoms with E-state index in [2.05, 4.69) is 0 Å². The van der Waals surface area contributed by atoms with Crippen molar-refractivity contribution >= 4 is 81.1 Å². The first-order valence-corrected chi connectivity index (χ1v) is 11.9. The monoisotopic (exact) mass is 542 g/mol. The molecule has 0 aliphatic carbocycles. The molecule has 1 saturated heterocycles. The molecule has 3 aromatic rings. The molecule has 3 amide bonds. The molecule has 5 nitrogen and oxygen atoms in total. The molecule has 5 rings (SSSR count). The van der Waals surface area contributed by atoms with E-state index in [1.54, 1.807) is 36.6 Å². The van der Waals surface area contributed by atoms with Gasteiger partial charge in [0, 0.05) is 10.6 Å². The number of carbonyl (C=O) groups excluding carboxylic acids is 3. The SMILES string of the molecule is Cc1ccc(N2C(=O)[C@H](N3C(=O)c4c(Cl)c(Cl)c(Cl)c(Cl)c4C3=O)[C@H]2c2cccs2)cc1F. The number of nitrogens with zero attached hydrogens (tertiary/aromatic N) is 2. The molecule has 2 aliphatic rings. The zero-order valence-electron chi connectivity index (χ0n) is 16.5. The molecule has 11 heteroatoms. The maximum atomic E-state index is 14.3. The van der Waals surface area contributed by atoms with Crippen LogP contribution in [0.5, 0.6) is 0 Å². The van der Waals surface area contributed by atoms with Gasteiger partial charge < -0.3 is 0 Å². The van der Waals surface area contributed by atoms with Crippen LogP contribution in [0.2, 0.25) is 20.1 Å². The van der Waals surface area contributed by atoms with Crippen molar-refractivity contribution in [2.24, 2.45) is 0 Å². The largest absolute Gasteiger partial charge is 0.299 e. The van der Waals surface area contributed by atoms with Gasteiger partial charge in [-0.1, -0.05) is 58.5 Å². The number of hydrogen-bond donors (Lipinski definition) is 0. The fourth-order valence-electron chi connectivity index (χ4n) is 4.11. The van der Waals surface area contributed by atoms with E-state index >= 15 is 0 Å². The number of anilines is 1. The Hall–Kier alpha value is -2.16. The highest BCUT2D eigenvalue weighted by atomic mass is 35.5. The minimum absolute atomic E-state index is 0.156. The van der Waals surface area contributed by atoms with Gasteiger partial charge in [-0.25, -0.2) is 4.39 Å². The molecule has 2 aromatic carbocycles. The zero-order valence-corrected chi connectivity index (χ0v) is 20.4. The number of hydrogen-bond acceptors (Lipinski definition) is 4. The van der Waals surface area contributed by atoms with Gasteiger partial charge in [0.25, 0.3) is 17.7 Å². The van der Waals surface area contributed by atoms with Crippen molar-refractivity contribution in [2.45, 2.75) is 19.0 Å². The van der Waals surface area contributed by atoms with Crippen molar-refractivity contribution in [3.8, 4) is 0 Å². The fourth-order valence-corrected chi connectivity index (χ4v) is 5.97. The van der Waals surface area contributed by atoms with Gasteiger partial charge in [0.1, 0.15) is 17.9 Å². The van der Waals surface area contributed by atoms with Crippen molar-refractivity contribution in [1.29, 1.82) is 0 Å². The van der Waals surface area contributed by atoms with Crippen molar-refractivity contribution in [1.82, 2.24) is 4.90 Å². The lowest BCUT2D eigenvalue weighted by Gasteiger charge is -2.49. The fraction of sp³-hybridized carbons (Fsp3) is 0.136. The van der Waals surface area contributed by atoms with Crippen LogP contribution >= 0.6 is 57.7 Å². The molecule has 3 heterocycles. The number of fused-ring (bicyclic) bond motifs is 1. The van der Waals surface area contributed by atoms with E-state index in [0.29, 0.717) is 16.1 Å². The first-order chi connectivity index (χ1) is 15.6. The Morgan fingerprint density at radius 1 is 0.848 bits per heavy atom. The molecule has 2 atom stereocenters. The topological polar surface area (TPSA) is 57.7 Å². The Labute approximate surface area is 211 Å². The molecule has 0 unspecified atom stereocenters. The molecule has 0 bridgehead atoms. The third kappa shape index (κ3) is 3.14. The zero-order chi connectivity index (χ0) is 23.8. The van der Waals surface area contributed by atoms with Crippen LogP contribution in [-0.2, 0) is 4.79 Å². The molecule has 0 radical (unpaired) electrons. The standard InChI is InChI=1S/C22H11Cl4FN2O3S/c1-8-4-5-9(7-10(8)27)28-18(11-3-2-6-33-11)19(22(28)32)29-20(30)12-13(21(29)31)15(24)17(26)16(25)14(12)23/h2-7,18-19H,1H3/t18-,19-/m1/s1. The van der Waals surface area contributed by atoms with Gasteiger partial charge in [-0.05, 0) is 36.1 Å². The highest BCUT2D eigenvalue weighted by Gasteiger charge is 2.58. The third-order valence-electron chi connectivity index (χ3n) is 5.75. The van der Waals surface area contributed by atoms with Crippen LogP contribution in [0, 0.1) is 12.7 Å². The van der Waals surface area contributed by atoms with Gasteiger partial charge in [-0.15, -0.1) is 11.3 Å². The summed E-state index contributed by atoms with van der Waals surface area (Å²) in [6, 6.07) is 6.09. The van der Waals surface area contributed by atoms with Gasteiger partial charge >= 0.3 is 0 Å². The summed E-state index contributed by atoms with van der Waals surface area (Å²) in [5, 5.41) is 1.07. The molecule has 0 saturated carbocycles. The summed E-state index contributed by atoms with van der Waals surface area (Å²) in [5.74, 6) is -2.61. The van der Waals surface area contributed by atoms with E-state index < -0.39 is 35.6 Å².